The van der Waals surface area contributed by atoms with E-state index in [1.165, 1.54) is 36.3 Å². The van der Waals surface area contributed by atoms with E-state index in [1.54, 1.807) is 62.4 Å². The Hall–Kier alpha value is -3.27. The number of methoxy groups -OCH3 is 1. The van der Waals surface area contributed by atoms with Crippen molar-refractivity contribution in [2.45, 2.75) is 37.8 Å². The van der Waals surface area contributed by atoms with Gasteiger partial charge in [-0.3, -0.25) is 13.9 Å². The van der Waals surface area contributed by atoms with Gasteiger partial charge in [-0.1, -0.05) is 54.4 Å². The van der Waals surface area contributed by atoms with E-state index < -0.39 is 28.5 Å². The number of carbonyl (C=O) groups excluding carboxylic acids is 2. The molecule has 8 nitrogen and oxygen atoms in total. The fourth-order valence-corrected chi connectivity index (χ4v) is 5.78. The quantitative estimate of drug-likeness (QED) is 0.314. The van der Waals surface area contributed by atoms with E-state index in [0.29, 0.717) is 40.0 Å². The number of benzene rings is 3. The van der Waals surface area contributed by atoms with Gasteiger partial charge in [0.05, 0.1) is 27.7 Å². The molecule has 0 fully saturated rings. The number of rotatable bonds is 12. The summed E-state index contributed by atoms with van der Waals surface area (Å²) in [6.45, 7) is 3.45. The molecule has 0 aliphatic heterocycles. The molecule has 0 aliphatic rings. The average molecular weight is 593 g/mol. The van der Waals surface area contributed by atoms with Gasteiger partial charge in [-0.05, 0) is 67.4 Å². The van der Waals surface area contributed by atoms with Crippen molar-refractivity contribution < 1.29 is 22.7 Å². The molecule has 0 bridgehead atoms. The first-order valence-corrected chi connectivity index (χ1v) is 14.5. The summed E-state index contributed by atoms with van der Waals surface area (Å²) in [6.07, 6.45) is 0.315. The minimum Gasteiger partial charge on any atom is -0.497 e. The molecule has 0 heterocycles. The monoisotopic (exact) mass is 591 g/mol. The molecule has 0 aromatic heterocycles. The second kappa shape index (κ2) is 13.7. The van der Waals surface area contributed by atoms with E-state index in [2.05, 4.69) is 5.32 Å². The lowest BCUT2D eigenvalue weighted by Crippen LogP contribution is -2.52. The molecule has 0 saturated heterocycles. The highest BCUT2D eigenvalue weighted by atomic mass is 35.5. The van der Waals surface area contributed by atoms with Crippen molar-refractivity contribution in [3.8, 4) is 5.75 Å². The number of hydrogen-bond acceptors (Lipinski definition) is 5. The summed E-state index contributed by atoms with van der Waals surface area (Å²) >= 11 is 12.3. The van der Waals surface area contributed by atoms with Gasteiger partial charge in [0.25, 0.3) is 10.0 Å². The number of hydrogen-bond donors (Lipinski definition) is 1. The number of ether oxygens (including phenoxy) is 1. The topological polar surface area (TPSA) is 96.0 Å². The molecule has 2 amide bonds. The van der Waals surface area contributed by atoms with Gasteiger partial charge in [-0.2, -0.15) is 0 Å². The van der Waals surface area contributed by atoms with Crippen LogP contribution < -0.4 is 14.4 Å². The number of nitrogens with one attached hydrogen (secondary N) is 1. The highest BCUT2D eigenvalue weighted by Crippen LogP contribution is 2.27. The molecule has 1 N–H and O–H groups in total. The summed E-state index contributed by atoms with van der Waals surface area (Å²) in [5.41, 5.74) is 0.951. The molecule has 0 saturated carbocycles. The summed E-state index contributed by atoms with van der Waals surface area (Å²) in [5.74, 6) is -0.394. The molecule has 1 atom stereocenters. The molecule has 0 radical (unpaired) electrons. The zero-order chi connectivity index (χ0) is 28.6. The van der Waals surface area contributed by atoms with Crippen LogP contribution in [0.2, 0.25) is 10.0 Å². The largest absolute Gasteiger partial charge is 0.497 e. The zero-order valence-corrected chi connectivity index (χ0v) is 24.3. The van der Waals surface area contributed by atoms with E-state index >= 15 is 0 Å². The van der Waals surface area contributed by atoms with Crippen LogP contribution >= 0.6 is 23.2 Å². The fourth-order valence-electron chi connectivity index (χ4n) is 4.04. The van der Waals surface area contributed by atoms with Crippen LogP contribution in [0.3, 0.4) is 0 Å². The zero-order valence-electron chi connectivity index (χ0n) is 21.9. The third-order valence-electron chi connectivity index (χ3n) is 6.04. The first-order chi connectivity index (χ1) is 18.6. The molecule has 39 heavy (non-hydrogen) atoms. The molecular formula is C28H31Cl2N3O5S. The van der Waals surface area contributed by atoms with Crippen molar-refractivity contribution in [2.24, 2.45) is 0 Å². The first-order valence-electron chi connectivity index (χ1n) is 12.3. The molecule has 3 aromatic carbocycles. The van der Waals surface area contributed by atoms with Gasteiger partial charge in [0.2, 0.25) is 11.8 Å². The number of sulfonamides is 1. The Morgan fingerprint density at radius 3 is 2.18 bits per heavy atom. The normalized spacial score (nSPS) is 11.9. The van der Waals surface area contributed by atoms with Gasteiger partial charge in [-0.15, -0.1) is 0 Å². The van der Waals surface area contributed by atoms with Gasteiger partial charge in [0.1, 0.15) is 18.3 Å². The van der Waals surface area contributed by atoms with Crippen molar-refractivity contribution in [3.05, 3.63) is 88.4 Å². The second-order valence-electron chi connectivity index (χ2n) is 8.61. The number of halogens is 2. The van der Waals surface area contributed by atoms with Gasteiger partial charge >= 0.3 is 0 Å². The van der Waals surface area contributed by atoms with E-state index in [0.717, 1.165) is 4.31 Å². The van der Waals surface area contributed by atoms with E-state index in [1.807, 2.05) is 0 Å². The summed E-state index contributed by atoms with van der Waals surface area (Å²) in [6, 6.07) is 18.4. The van der Waals surface area contributed by atoms with Crippen LogP contribution in [0.4, 0.5) is 5.69 Å². The van der Waals surface area contributed by atoms with Gasteiger partial charge < -0.3 is 15.0 Å². The van der Waals surface area contributed by atoms with Crippen LogP contribution in [0.1, 0.15) is 25.8 Å². The molecule has 3 rings (SSSR count). The predicted octanol–water partition coefficient (Wildman–Crippen LogP) is 5.14. The summed E-state index contributed by atoms with van der Waals surface area (Å²) < 4.78 is 33.8. The Kier molecular flexibility index (Phi) is 10.6. The molecular weight excluding hydrogens is 561 g/mol. The highest BCUT2D eigenvalue weighted by Gasteiger charge is 2.33. The average Bonchev–Trinajstić information content (AvgIpc) is 2.94. The SMILES string of the molecule is CCNC(=O)C(CC)N(Cc1ccc(Cl)c(Cl)c1)C(=O)CN(c1ccccc1)S(=O)(=O)c1ccc(OC)cc1. The third kappa shape index (κ3) is 7.44. The van der Waals surface area contributed by atoms with Crippen LogP contribution in [0, 0.1) is 0 Å². The lowest BCUT2D eigenvalue weighted by molar-refractivity contribution is -0.140. The van der Waals surface area contributed by atoms with Crippen LogP contribution in [-0.4, -0.2) is 51.4 Å². The van der Waals surface area contributed by atoms with Crippen molar-refractivity contribution in [1.29, 1.82) is 0 Å². The fraction of sp³-hybridized carbons (Fsp3) is 0.286. The number of para-hydroxylation sites is 1. The molecule has 0 spiro atoms. The summed E-state index contributed by atoms with van der Waals surface area (Å²) in [7, 11) is -2.68. The molecule has 0 aliphatic carbocycles. The maximum absolute atomic E-state index is 13.9. The van der Waals surface area contributed by atoms with Gasteiger partial charge in [0, 0.05) is 13.1 Å². The van der Waals surface area contributed by atoms with Crippen LogP contribution in [0.5, 0.6) is 5.75 Å². The van der Waals surface area contributed by atoms with Crippen molar-refractivity contribution >= 4 is 50.7 Å². The predicted molar refractivity (Wildman–Crippen MR) is 154 cm³/mol. The summed E-state index contributed by atoms with van der Waals surface area (Å²) in [4.78, 5) is 28.3. The Labute approximate surface area is 239 Å². The van der Waals surface area contributed by atoms with Crippen molar-refractivity contribution in [2.75, 3.05) is 24.5 Å². The maximum Gasteiger partial charge on any atom is 0.264 e. The highest BCUT2D eigenvalue weighted by molar-refractivity contribution is 7.92. The Balaban J connectivity index is 2.04. The second-order valence-corrected chi connectivity index (χ2v) is 11.3. The minimum absolute atomic E-state index is 0.00764. The van der Waals surface area contributed by atoms with E-state index in [4.69, 9.17) is 27.9 Å². The maximum atomic E-state index is 13.9. The Bertz CT molecular complexity index is 1390. The molecule has 208 valence electrons. The number of nitrogens with zero attached hydrogens (tertiary/aromatic N) is 2. The third-order valence-corrected chi connectivity index (χ3v) is 8.57. The molecule has 3 aromatic rings. The van der Waals surface area contributed by atoms with Crippen LogP contribution in [0.25, 0.3) is 0 Å². The van der Waals surface area contributed by atoms with Gasteiger partial charge in [0.15, 0.2) is 0 Å². The van der Waals surface area contributed by atoms with Crippen LogP contribution in [-0.2, 0) is 26.2 Å². The molecule has 11 heteroatoms. The lowest BCUT2D eigenvalue weighted by Gasteiger charge is -2.33. The van der Waals surface area contributed by atoms with Crippen LogP contribution in [0.15, 0.2) is 77.7 Å². The van der Waals surface area contributed by atoms with Crippen molar-refractivity contribution in [1.82, 2.24) is 10.2 Å². The lowest BCUT2D eigenvalue weighted by atomic mass is 10.1. The standard InChI is InChI=1S/C28H31Cl2N3O5S/c1-4-26(28(35)31-5-2)32(18-20-11-16-24(29)25(30)17-20)27(34)19-33(21-9-7-6-8-10-21)39(36,37)23-14-12-22(38-3)13-15-23/h6-17,26H,4-5,18-19H2,1-3H3,(H,31,35). The number of likely N-dealkylation sites (N-methyl/N-ethyl adjacent to an activating group) is 1. The van der Waals surface area contributed by atoms with E-state index in [9.17, 15) is 18.0 Å². The Morgan fingerprint density at radius 1 is 0.949 bits per heavy atom. The number of amides is 2. The number of anilines is 1. The van der Waals surface area contributed by atoms with Crippen molar-refractivity contribution in [3.63, 3.8) is 0 Å². The summed E-state index contributed by atoms with van der Waals surface area (Å²) in [5, 5.41) is 3.43. The van der Waals surface area contributed by atoms with Gasteiger partial charge in [-0.25, -0.2) is 8.42 Å². The van der Waals surface area contributed by atoms with E-state index in [-0.39, 0.29) is 17.3 Å². The molecule has 1 unspecified atom stereocenters. The minimum atomic E-state index is -4.16. The number of carbonyl (C=O) groups is 2. The first kappa shape index (κ1) is 30.3. The smallest absolute Gasteiger partial charge is 0.264 e. The Morgan fingerprint density at radius 2 is 1.62 bits per heavy atom.